The van der Waals surface area contributed by atoms with Crippen molar-refractivity contribution in [3.05, 3.63) is 59.7 Å². The number of ether oxygens (including phenoxy) is 1. The average molecular weight is 351 g/mol. The van der Waals surface area contributed by atoms with Gasteiger partial charge < -0.3 is 10.1 Å². The lowest BCUT2D eigenvalue weighted by Crippen LogP contribution is -2.19. The van der Waals surface area contributed by atoms with Crippen molar-refractivity contribution >= 4 is 23.2 Å². The third-order valence-electron chi connectivity index (χ3n) is 4.18. The van der Waals surface area contributed by atoms with Gasteiger partial charge in [-0.25, -0.2) is 5.43 Å². The van der Waals surface area contributed by atoms with E-state index in [1.54, 1.807) is 31.4 Å². The molecule has 2 aromatic rings. The minimum Gasteiger partial charge on any atom is -0.497 e. The van der Waals surface area contributed by atoms with Crippen molar-refractivity contribution in [2.45, 2.75) is 19.8 Å². The summed E-state index contributed by atoms with van der Waals surface area (Å²) < 4.78 is 5.11. The molecule has 0 unspecified atom stereocenters. The number of rotatable bonds is 6. The Labute approximate surface area is 152 Å². The van der Waals surface area contributed by atoms with E-state index in [0.717, 1.165) is 24.1 Å². The third-order valence-corrected chi connectivity index (χ3v) is 4.18. The molecule has 134 valence electrons. The van der Waals surface area contributed by atoms with Crippen LogP contribution in [0.3, 0.4) is 0 Å². The zero-order chi connectivity index (χ0) is 18.5. The van der Waals surface area contributed by atoms with Crippen LogP contribution in [0.5, 0.6) is 5.75 Å². The lowest BCUT2D eigenvalue weighted by molar-refractivity contribution is -0.117. The van der Waals surface area contributed by atoms with Crippen molar-refractivity contribution in [2.75, 3.05) is 12.4 Å². The Bertz CT molecular complexity index is 840. The lowest BCUT2D eigenvalue weighted by Gasteiger charge is -2.07. The van der Waals surface area contributed by atoms with Crippen molar-refractivity contribution < 1.29 is 14.3 Å². The highest BCUT2D eigenvalue weighted by Gasteiger charge is 2.29. The third kappa shape index (κ3) is 4.47. The monoisotopic (exact) mass is 351 g/mol. The van der Waals surface area contributed by atoms with Crippen LogP contribution < -0.4 is 15.5 Å². The molecule has 6 nitrogen and oxygen atoms in total. The van der Waals surface area contributed by atoms with Crippen molar-refractivity contribution in [3.63, 3.8) is 0 Å². The van der Waals surface area contributed by atoms with Gasteiger partial charge in [0.1, 0.15) is 5.75 Å². The van der Waals surface area contributed by atoms with E-state index in [0.29, 0.717) is 17.0 Å². The second-order valence-corrected chi connectivity index (χ2v) is 6.21. The maximum atomic E-state index is 12.2. The normalized spacial score (nSPS) is 13.8. The first-order chi connectivity index (χ1) is 12.6. The van der Waals surface area contributed by atoms with Crippen LogP contribution >= 0.6 is 0 Å². The molecule has 2 aromatic carbocycles. The largest absolute Gasteiger partial charge is 0.497 e. The van der Waals surface area contributed by atoms with Crippen molar-refractivity contribution in [1.29, 1.82) is 0 Å². The number of hydrogen-bond donors (Lipinski definition) is 2. The van der Waals surface area contributed by atoms with E-state index in [-0.39, 0.29) is 17.7 Å². The fourth-order valence-electron chi connectivity index (χ4n) is 2.41. The first kappa shape index (κ1) is 17.7. The van der Waals surface area contributed by atoms with E-state index in [1.165, 1.54) is 0 Å². The molecule has 1 fully saturated rings. The molecule has 0 bridgehead atoms. The summed E-state index contributed by atoms with van der Waals surface area (Å²) in [4.78, 5) is 23.9. The molecule has 26 heavy (non-hydrogen) atoms. The molecule has 1 aliphatic carbocycles. The fraction of sp³-hybridized carbons (Fsp3) is 0.250. The Morgan fingerprint density at radius 1 is 1.08 bits per heavy atom. The highest BCUT2D eigenvalue weighted by atomic mass is 16.5. The van der Waals surface area contributed by atoms with E-state index >= 15 is 0 Å². The number of carbonyl (C=O) groups is 2. The van der Waals surface area contributed by atoms with Gasteiger partial charge in [-0.2, -0.15) is 5.10 Å². The van der Waals surface area contributed by atoms with Gasteiger partial charge >= 0.3 is 0 Å². The smallest absolute Gasteiger partial charge is 0.271 e. The van der Waals surface area contributed by atoms with E-state index in [4.69, 9.17) is 4.74 Å². The maximum Gasteiger partial charge on any atom is 0.271 e. The quantitative estimate of drug-likeness (QED) is 0.619. The fourth-order valence-corrected chi connectivity index (χ4v) is 2.41. The second kappa shape index (κ2) is 7.82. The van der Waals surface area contributed by atoms with Gasteiger partial charge in [-0.3, -0.25) is 9.59 Å². The van der Waals surface area contributed by atoms with Crippen LogP contribution in [0.25, 0.3) is 0 Å². The van der Waals surface area contributed by atoms with Crippen LogP contribution in [0.15, 0.2) is 53.6 Å². The van der Waals surface area contributed by atoms with Crippen LogP contribution in [-0.2, 0) is 4.79 Å². The topological polar surface area (TPSA) is 79.8 Å². The molecule has 6 heteroatoms. The van der Waals surface area contributed by atoms with Crippen LogP contribution in [0.2, 0.25) is 0 Å². The summed E-state index contributed by atoms with van der Waals surface area (Å²) >= 11 is 0. The van der Waals surface area contributed by atoms with E-state index in [2.05, 4.69) is 15.8 Å². The Balaban J connectivity index is 1.61. The minimum atomic E-state index is -0.309. The van der Waals surface area contributed by atoms with Gasteiger partial charge in [-0.1, -0.05) is 18.2 Å². The van der Waals surface area contributed by atoms with E-state index in [9.17, 15) is 9.59 Å². The zero-order valence-corrected chi connectivity index (χ0v) is 14.8. The van der Waals surface area contributed by atoms with Gasteiger partial charge in [-0.05, 0) is 55.7 Å². The number of benzene rings is 2. The number of hydrazone groups is 1. The molecule has 0 radical (unpaired) electrons. The summed E-state index contributed by atoms with van der Waals surface area (Å²) in [7, 11) is 1.55. The number of nitrogens with zero attached hydrogens (tertiary/aromatic N) is 1. The van der Waals surface area contributed by atoms with Crippen molar-refractivity contribution in [1.82, 2.24) is 5.43 Å². The SMILES string of the molecule is COc1cccc(C(=O)NN=C(C)c2ccc(NC(=O)C3CC3)cc2)c1. The summed E-state index contributed by atoms with van der Waals surface area (Å²) in [5.41, 5.74) is 5.31. The van der Waals surface area contributed by atoms with Gasteiger partial charge in [0, 0.05) is 17.2 Å². The molecule has 0 saturated heterocycles. The van der Waals surface area contributed by atoms with Gasteiger partial charge in [0.05, 0.1) is 12.8 Å². The van der Waals surface area contributed by atoms with Crippen LogP contribution in [0.4, 0.5) is 5.69 Å². The lowest BCUT2D eigenvalue weighted by atomic mass is 10.1. The predicted octanol–water partition coefficient (Wildman–Crippen LogP) is 3.20. The number of carbonyl (C=O) groups excluding carboxylic acids is 2. The molecule has 0 aromatic heterocycles. The average Bonchev–Trinajstić information content (AvgIpc) is 3.52. The predicted molar refractivity (Wildman–Crippen MR) is 100 cm³/mol. The van der Waals surface area contributed by atoms with Crippen LogP contribution in [-0.4, -0.2) is 24.6 Å². The standard InChI is InChI=1S/C20H21N3O3/c1-13(22-23-20(25)16-4-3-5-18(12-16)26-2)14-8-10-17(11-9-14)21-19(24)15-6-7-15/h3-5,8-12,15H,6-7H2,1-2H3,(H,21,24)(H,23,25). The van der Waals surface area contributed by atoms with Crippen LogP contribution in [0, 0.1) is 5.92 Å². The highest BCUT2D eigenvalue weighted by Crippen LogP contribution is 2.30. The van der Waals surface area contributed by atoms with E-state index < -0.39 is 0 Å². The minimum absolute atomic E-state index is 0.0775. The number of amides is 2. The Morgan fingerprint density at radius 2 is 1.81 bits per heavy atom. The molecule has 0 aliphatic heterocycles. The first-order valence-electron chi connectivity index (χ1n) is 8.47. The Kier molecular flexibility index (Phi) is 5.31. The summed E-state index contributed by atoms with van der Waals surface area (Å²) in [5.74, 6) is 0.553. The number of hydrogen-bond acceptors (Lipinski definition) is 4. The molecule has 1 saturated carbocycles. The number of anilines is 1. The molecule has 1 aliphatic rings. The van der Waals surface area contributed by atoms with Gasteiger partial charge in [0.25, 0.3) is 5.91 Å². The molecule has 0 atom stereocenters. The summed E-state index contributed by atoms with van der Waals surface area (Å²) in [6, 6.07) is 14.3. The number of nitrogens with one attached hydrogen (secondary N) is 2. The molecular weight excluding hydrogens is 330 g/mol. The van der Waals surface area contributed by atoms with Crippen molar-refractivity contribution in [2.24, 2.45) is 11.0 Å². The Hall–Kier alpha value is -3.15. The van der Waals surface area contributed by atoms with Gasteiger partial charge in [0.15, 0.2) is 0 Å². The van der Waals surface area contributed by atoms with Crippen LogP contribution in [0.1, 0.15) is 35.7 Å². The van der Waals surface area contributed by atoms with E-state index in [1.807, 2.05) is 31.2 Å². The molecule has 0 spiro atoms. The Morgan fingerprint density at radius 3 is 2.46 bits per heavy atom. The first-order valence-corrected chi connectivity index (χ1v) is 8.47. The summed E-state index contributed by atoms with van der Waals surface area (Å²) in [6.07, 6.45) is 1.95. The molecule has 2 amide bonds. The summed E-state index contributed by atoms with van der Waals surface area (Å²) in [6.45, 7) is 1.81. The highest BCUT2D eigenvalue weighted by molar-refractivity contribution is 6.01. The molecule has 3 rings (SSSR count). The van der Waals surface area contributed by atoms with Gasteiger partial charge in [0.2, 0.25) is 5.91 Å². The maximum absolute atomic E-state index is 12.2. The second-order valence-electron chi connectivity index (χ2n) is 6.21. The molecular formula is C20H21N3O3. The molecule has 2 N–H and O–H groups in total. The zero-order valence-electron chi connectivity index (χ0n) is 14.8. The van der Waals surface area contributed by atoms with Gasteiger partial charge in [-0.15, -0.1) is 0 Å². The summed E-state index contributed by atoms with van der Waals surface area (Å²) in [5, 5.41) is 7.04. The van der Waals surface area contributed by atoms with Crippen molar-refractivity contribution in [3.8, 4) is 5.75 Å². The number of methoxy groups -OCH3 is 1. The molecule has 0 heterocycles.